The van der Waals surface area contributed by atoms with E-state index >= 15 is 4.79 Å². The summed E-state index contributed by atoms with van der Waals surface area (Å²) in [5, 5.41) is 52.8. The number of ether oxygens (including phenoxy) is 10. The van der Waals surface area contributed by atoms with Gasteiger partial charge in [-0.3, -0.25) is 53.3 Å². The van der Waals surface area contributed by atoms with Gasteiger partial charge in [-0.2, -0.15) is 0 Å². The lowest BCUT2D eigenvalue weighted by molar-refractivity contribution is -0.869. The van der Waals surface area contributed by atoms with Crippen LogP contribution in [-0.4, -0.2) is 302 Å². The number of carbonyl (C=O) groups excluding carboxylic acids is 11. The van der Waals surface area contributed by atoms with Crippen molar-refractivity contribution in [1.82, 2.24) is 53.2 Å². The molecule has 2 unspecified atom stereocenters. The van der Waals surface area contributed by atoms with E-state index in [0.29, 0.717) is 168 Å². The van der Waals surface area contributed by atoms with E-state index in [0.717, 1.165) is 117 Å². The van der Waals surface area contributed by atoms with Crippen LogP contribution in [0.1, 0.15) is 224 Å². The van der Waals surface area contributed by atoms with Crippen LogP contribution in [0.15, 0.2) is 47.8 Å². The molecule has 0 heterocycles. The number of benzene rings is 2. The third kappa shape index (κ3) is 37.7. The Morgan fingerprint density at radius 3 is 1.59 bits per heavy atom. The van der Waals surface area contributed by atoms with Gasteiger partial charge in [-0.1, -0.05) is 91.7 Å². The number of likely N-dealkylation sites (N-methyl/N-ethyl adjacent to an activating group) is 1. The number of nitrogens with one attached hydrogen (secondary N) is 11. The molecule has 0 spiro atoms. The minimum atomic E-state index is -1.56. The fourth-order valence-corrected chi connectivity index (χ4v) is 19.9. The zero-order valence-electron chi connectivity index (χ0n) is 83.5. The topological polar surface area (TPSA) is 505 Å². The largest absolute Gasteiger partial charge is 0.508 e. The number of imide groups is 1. The van der Waals surface area contributed by atoms with Gasteiger partial charge in [0.15, 0.2) is 0 Å². The number of anilines is 1. The maximum Gasteiger partial charge on any atom is 0.312 e. The summed E-state index contributed by atoms with van der Waals surface area (Å²) >= 11 is 0. The lowest BCUT2D eigenvalue weighted by Gasteiger charge is -2.56. The molecule has 0 aliphatic heterocycles. The highest BCUT2D eigenvalue weighted by Gasteiger charge is 2.59. The second-order valence-corrected chi connectivity index (χ2v) is 39.6. The van der Waals surface area contributed by atoms with E-state index in [-0.39, 0.29) is 144 Å². The number of nitrogens with two attached hydrogens (primary N) is 2. The van der Waals surface area contributed by atoms with Crippen molar-refractivity contribution in [1.29, 1.82) is 0 Å². The maximum absolute atomic E-state index is 15.0. The molecule has 6 aliphatic rings. The highest BCUT2D eigenvalue weighted by Crippen LogP contribution is 2.60. The van der Waals surface area contributed by atoms with Crippen molar-refractivity contribution in [3.63, 3.8) is 0 Å². The molecular formula is C101H163N14O23+. The maximum atomic E-state index is 15.0. The molecule has 0 aromatic heterocycles. The molecule has 12 amide bonds. The predicted molar refractivity (Wildman–Crippen MR) is 519 cm³/mol. The first-order valence-electron chi connectivity index (χ1n) is 50.3. The minimum absolute atomic E-state index is 0.0119. The van der Waals surface area contributed by atoms with Crippen LogP contribution in [0.4, 0.5) is 10.5 Å². The van der Waals surface area contributed by atoms with Crippen molar-refractivity contribution >= 4 is 70.8 Å². The van der Waals surface area contributed by atoms with Gasteiger partial charge < -0.3 is 127 Å². The summed E-state index contributed by atoms with van der Waals surface area (Å²) in [6, 6.07) is 4.77. The SMILES string of the molecule is CC(C)[C@H](NC(=O)[C@@H](CCCCNC(=O)COC1CCCCC/C(NCCOCCOCCOCCOCCC(=O)NCC[N+](C)(C)C)=C\1N)NC(=O)CCOCCOCCOCCOCCNC(=O)COC1C#CCCCCC1)C(=O)N[C@@H](CCCNC(N)=O)C(=O)N[C@@H](CO)C(=O)Nc1ccc2c(c1)[C@@]1(C)CCC[C@](C)(C(=O)NC(=O)[C@@]3(C)CCC[C@]4(C)c5cc(O)ccc5CC[C@@H]34)[C@@H]1CC2. The number of nitrogens with zero attached hydrogens (tertiary/aromatic N) is 1. The third-order valence-corrected chi connectivity index (χ3v) is 27.7. The standard InChI is InChI=1S/C101H162N14O23/c1-70(2)90(94(125)111-80(27-20-44-108-97(103)128)91(122)112-81(67-116)93(124)109-73-33-29-71-31-35-83-98(3,76(71)65-73)39-21-41-100(83,5)95(126)114-96(127)101(6)42-22-40-99(4)77-66-74(117)34-30-72(77)32-36-84(99)101)113-92(123)79(110-86(119)38-50-130-54-58-134-62-64-136-60-56-132-52-47-107-87(120)68-137-75-23-14-11-10-12-15-24-75)26-18-19-43-105-88(121)69-138-82-28-17-13-16-25-78(89(82)102)104-46-51-131-55-59-135-63-61-133-57-53-129-49-37-85(118)106-45-48-115(7,8)9/h29-30,33-34,65-66,70,75,79-84,90,104,116H,10-14,16-23,25-28,31-32,35-64,67-69,102H2,1-9H3,(H12-,103,105,106,107,108,109,110,111,112,113,114,117,118,119,120,121,122,123,124,125,126,127,128)/p+1/b89-78-/t75?,79-,80+,81+,82?,83-,84-,90+,98-,99-,100+,101+/m1/s1. The first kappa shape index (κ1) is 114. The third-order valence-electron chi connectivity index (χ3n) is 27.7. The number of urea groups is 1. The predicted octanol–water partition coefficient (Wildman–Crippen LogP) is 5.33. The molecule has 6 aliphatic carbocycles. The zero-order chi connectivity index (χ0) is 99.9. The molecule has 0 bridgehead atoms. The average Bonchev–Trinajstić information content (AvgIpc) is 0.722. The van der Waals surface area contributed by atoms with Crippen LogP contribution in [0.2, 0.25) is 0 Å². The van der Waals surface area contributed by atoms with E-state index in [1.165, 1.54) is 5.56 Å². The summed E-state index contributed by atoms with van der Waals surface area (Å²) in [6.07, 6.45) is 16.1. The Bertz CT molecular complexity index is 4310. The van der Waals surface area contributed by atoms with Crippen molar-refractivity contribution in [2.45, 2.75) is 262 Å². The highest BCUT2D eigenvalue weighted by molar-refractivity contribution is 6.02. The van der Waals surface area contributed by atoms with E-state index in [1.54, 1.807) is 26.0 Å². The molecule has 2 aromatic carbocycles. The van der Waals surface area contributed by atoms with Gasteiger partial charge in [0.25, 0.3) is 0 Å². The Morgan fingerprint density at radius 1 is 0.486 bits per heavy atom. The van der Waals surface area contributed by atoms with Gasteiger partial charge in [0.2, 0.25) is 59.1 Å². The number of primary amides is 1. The number of allylic oxidation sites excluding steroid dienone is 1. The molecule has 2 aromatic rings. The lowest BCUT2D eigenvalue weighted by Crippen LogP contribution is -2.60. The van der Waals surface area contributed by atoms with Crippen LogP contribution in [0.3, 0.4) is 0 Å². The second kappa shape index (κ2) is 59.5. The number of phenols is 1. The van der Waals surface area contributed by atoms with Crippen LogP contribution in [-0.2, 0) is 119 Å². The Balaban J connectivity index is 0.815. The molecule has 12 atom stereocenters. The quantitative estimate of drug-likeness (QED) is 0.0172. The molecule has 17 N–H and O–H groups in total. The summed E-state index contributed by atoms with van der Waals surface area (Å²) in [6.45, 7) is 17.6. The number of amides is 12. The van der Waals surface area contributed by atoms with Gasteiger partial charge in [-0.25, -0.2) is 4.79 Å². The summed E-state index contributed by atoms with van der Waals surface area (Å²) in [5.41, 5.74) is 15.4. The summed E-state index contributed by atoms with van der Waals surface area (Å²) < 4.78 is 57.7. The van der Waals surface area contributed by atoms with Gasteiger partial charge in [0.05, 0.1) is 169 Å². The van der Waals surface area contributed by atoms with Crippen LogP contribution >= 0.6 is 0 Å². The van der Waals surface area contributed by atoms with Crippen molar-refractivity contribution in [2.24, 2.45) is 40.1 Å². The number of carbonyl (C=O) groups is 11. The normalized spacial score (nSPS) is 22.7. The van der Waals surface area contributed by atoms with Gasteiger partial charge in [-0.15, -0.1) is 5.92 Å². The smallest absolute Gasteiger partial charge is 0.312 e. The molecule has 37 nitrogen and oxygen atoms in total. The number of phenolic OH excluding ortho intramolecular Hbond substituents is 1. The van der Waals surface area contributed by atoms with E-state index in [2.05, 4.69) is 105 Å². The Kier molecular flexibility index (Phi) is 49.2. The van der Waals surface area contributed by atoms with Gasteiger partial charge >= 0.3 is 6.03 Å². The van der Waals surface area contributed by atoms with Crippen LogP contribution < -0.4 is 70.0 Å². The number of hydrogen-bond acceptors (Lipinski definition) is 25. The fraction of sp³-hybridized carbons (Fsp3) is 0.733. The minimum Gasteiger partial charge on any atom is -0.508 e. The molecule has 0 saturated heterocycles. The van der Waals surface area contributed by atoms with Crippen molar-refractivity contribution in [3.8, 4) is 17.6 Å². The number of unbranched alkanes of at least 4 members (excludes halogenated alkanes) is 1. The summed E-state index contributed by atoms with van der Waals surface area (Å²) in [4.78, 5) is 151. The number of aliphatic hydroxyl groups excluding tert-OH is 1. The summed E-state index contributed by atoms with van der Waals surface area (Å²) in [5.74, 6) is 0.559. The monoisotopic (exact) mass is 1940 g/mol. The number of hydrogen-bond donors (Lipinski definition) is 15. The summed E-state index contributed by atoms with van der Waals surface area (Å²) in [7, 11) is 6.21. The Morgan fingerprint density at radius 2 is 0.993 bits per heavy atom. The highest BCUT2D eigenvalue weighted by atomic mass is 16.6. The van der Waals surface area contributed by atoms with E-state index < -0.39 is 94.6 Å². The molecule has 8 rings (SSSR count). The molecule has 2 saturated carbocycles. The average molecular weight is 1940 g/mol. The van der Waals surface area contributed by atoms with Crippen LogP contribution in [0.5, 0.6) is 5.75 Å². The second-order valence-electron chi connectivity index (χ2n) is 39.6. The molecule has 0 radical (unpaired) electrons. The van der Waals surface area contributed by atoms with Crippen LogP contribution in [0.25, 0.3) is 0 Å². The number of rotatable bonds is 62. The number of aryl methyl sites for hydroxylation is 2. The first-order valence-corrected chi connectivity index (χ1v) is 50.3. The van der Waals surface area contributed by atoms with E-state index in [4.69, 9.17) is 58.8 Å². The Labute approximate surface area is 815 Å². The van der Waals surface area contributed by atoms with Crippen LogP contribution in [0, 0.1) is 40.4 Å². The number of aliphatic hydroxyl groups is 1. The first-order chi connectivity index (χ1) is 66.2. The van der Waals surface area contributed by atoms with E-state index in [1.807, 2.05) is 38.1 Å². The molecule has 774 valence electrons. The van der Waals surface area contributed by atoms with Gasteiger partial charge in [0.1, 0.15) is 49.2 Å². The van der Waals surface area contributed by atoms with Gasteiger partial charge in [0, 0.05) is 56.8 Å². The van der Waals surface area contributed by atoms with E-state index in [9.17, 15) is 58.2 Å². The van der Waals surface area contributed by atoms with Crippen molar-refractivity contribution in [3.05, 3.63) is 70.0 Å². The van der Waals surface area contributed by atoms with Crippen molar-refractivity contribution in [2.75, 3.05) is 191 Å². The van der Waals surface area contributed by atoms with Gasteiger partial charge in [-0.05, 0) is 197 Å². The molecule has 2 fully saturated rings. The zero-order valence-corrected chi connectivity index (χ0v) is 83.5. The number of quaternary nitrogens is 1. The fourth-order valence-electron chi connectivity index (χ4n) is 19.9. The number of aromatic hydroxyl groups is 1. The Hall–Kier alpha value is -9.17. The molecule has 37 heteroatoms. The molecule has 138 heavy (non-hydrogen) atoms. The number of fused-ring (bicyclic) bond motifs is 6. The van der Waals surface area contributed by atoms with Crippen molar-refractivity contribution < 1.29 is 115 Å². The lowest BCUT2D eigenvalue weighted by atomic mass is 9.49. The molecular weight excluding hydrogens is 1780 g/mol.